The molecule has 1 aliphatic heterocycles. The topological polar surface area (TPSA) is 133 Å². The molecule has 2 aromatic rings. The van der Waals surface area contributed by atoms with Crippen LogP contribution in [0.1, 0.15) is 5.56 Å². The summed E-state index contributed by atoms with van der Waals surface area (Å²) in [4.78, 5) is 22.4. The molecule has 2 aromatic carbocycles. The van der Waals surface area contributed by atoms with E-state index in [0.29, 0.717) is 11.5 Å². The van der Waals surface area contributed by atoms with Crippen molar-refractivity contribution in [2.45, 2.75) is 6.10 Å². The van der Waals surface area contributed by atoms with Crippen LogP contribution in [0.5, 0.6) is 23.0 Å². The first-order chi connectivity index (χ1) is 13.0. The molecular weight excluding hydrogens is 358 g/mol. The molecule has 1 atom stereocenters. The molecule has 1 amide bonds. The van der Waals surface area contributed by atoms with Crippen LogP contribution in [0, 0.1) is 10.1 Å². The minimum Gasteiger partial charge on any atom is -0.500 e. The summed E-state index contributed by atoms with van der Waals surface area (Å²) in [7, 11) is 1.26. The molecule has 140 valence electrons. The lowest BCUT2D eigenvalue weighted by molar-refractivity contribution is -0.386. The summed E-state index contributed by atoms with van der Waals surface area (Å²) in [5, 5.41) is 24.5. The molecule has 0 unspecified atom stereocenters. The molecule has 0 aromatic heterocycles. The molecule has 10 nitrogen and oxygen atoms in total. The van der Waals surface area contributed by atoms with Gasteiger partial charge < -0.3 is 19.3 Å². The number of methoxy groups -OCH3 is 1. The van der Waals surface area contributed by atoms with Gasteiger partial charge in [0.1, 0.15) is 6.61 Å². The number of amides is 1. The Morgan fingerprint density at radius 3 is 2.85 bits per heavy atom. The first kappa shape index (κ1) is 18.0. The maximum atomic E-state index is 12.1. The van der Waals surface area contributed by atoms with Crippen LogP contribution in [-0.4, -0.2) is 42.0 Å². The fourth-order valence-corrected chi connectivity index (χ4v) is 2.37. The number of hydrazone groups is 1. The lowest BCUT2D eigenvalue weighted by Gasteiger charge is -2.24. The van der Waals surface area contributed by atoms with E-state index in [1.54, 1.807) is 24.3 Å². The normalized spacial score (nSPS) is 15.4. The smallest absolute Gasteiger partial charge is 0.315 e. The van der Waals surface area contributed by atoms with Crippen molar-refractivity contribution in [3.8, 4) is 23.0 Å². The van der Waals surface area contributed by atoms with Gasteiger partial charge in [-0.2, -0.15) is 5.10 Å². The largest absolute Gasteiger partial charge is 0.500 e. The second-order valence-electron chi connectivity index (χ2n) is 5.45. The quantitative estimate of drug-likeness (QED) is 0.462. The zero-order valence-electron chi connectivity index (χ0n) is 14.1. The lowest BCUT2D eigenvalue weighted by atomic mass is 10.2. The second-order valence-corrected chi connectivity index (χ2v) is 5.45. The van der Waals surface area contributed by atoms with Crippen LogP contribution in [0.2, 0.25) is 0 Å². The zero-order chi connectivity index (χ0) is 19.4. The van der Waals surface area contributed by atoms with Gasteiger partial charge in [-0.25, -0.2) is 5.43 Å². The molecule has 1 heterocycles. The number of carbonyl (C=O) groups is 1. The van der Waals surface area contributed by atoms with Gasteiger partial charge in [0.2, 0.25) is 11.9 Å². The Balaban J connectivity index is 1.68. The number of phenolic OH excluding ortho intramolecular Hbond substituents is 1. The summed E-state index contributed by atoms with van der Waals surface area (Å²) >= 11 is 0. The van der Waals surface area contributed by atoms with Crippen molar-refractivity contribution in [2.75, 3.05) is 13.7 Å². The van der Waals surface area contributed by atoms with Gasteiger partial charge in [0.25, 0.3) is 5.91 Å². The number of nitrogens with one attached hydrogen (secondary N) is 1. The van der Waals surface area contributed by atoms with Gasteiger partial charge >= 0.3 is 5.69 Å². The number of nitro groups is 1. The summed E-state index contributed by atoms with van der Waals surface area (Å²) < 4.78 is 15.9. The van der Waals surface area contributed by atoms with Crippen molar-refractivity contribution >= 4 is 17.8 Å². The van der Waals surface area contributed by atoms with E-state index in [2.05, 4.69) is 10.5 Å². The highest BCUT2D eigenvalue weighted by Crippen LogP contribution is 2.36. The molecule has 0 saturated carbocycles. The van der Waals surface area contributed by atoms with Crippen LogP contribution >= 0.6 is 0 Å². The summed E-state index contributed by atoms with van der Waals surface area (Å²) in [5.41, 5.74) is 2.00. The van der Waals surface area contributed by atoms with Crippen LogP contribution < -0.4 is 19.6 Å². The SMILES string of the molecule is COc1cc(/C=N/NC(=O)[C@H]2COc3ccccc3O2)cc([N+](=O)[O-])c1O. The summed E-state index contributed by atoms with van der Waals surface area (Å²) in [6, 6.07) is 9.40. The summed E-state index contributed by atoms with van der Waals surface area (Å²) in [6.45, 7) is 0.0247. The van der Waals surface area contributed by atoms with Gasteiger partial charge in [-0.1, -0.05) is 12.1 Å². The number of rotatable bonds is 5. The zero-order valence-corrected chi connectivity index (χ0v) is 14.1. The van der Waals surface area contributed by atoms with Crippen molar-refractivity contribution in [3.05, 3.63) is 52.1 Å². The van der Waals surface area contributed by atoms with Crippen LogP contribution in [-0.2, 0) is 4.79 Å². The van der Waals surface area contributed by atoms with Gasteiger partial charge in [-0.05, 0) is 18.2 Å². The number of ether oxygens (including phenoxy) is 3. The van der Waals surface area contributed by atoms with Crippen LogP contribution in [0.4, 0.5) is 5.69 Å². The number of fused-ring (bicyclic) bond motifs is 1. The molecule has 0 radical (unpaired) electrons. The number of benzene rings is 2. The maximum Gasteiger partial charge on any atom is 0.315 e. The Kier molecular flexibility index (Phi) is 5.06. The number of hydrogen-bond donors (Lipinski definition) is 2. The molecule has 2 N–H and O–H groups in total. The Bertz CT molecular complexity index is 913. The van der Waals surface area contributed by atoms with E-state index in [1.165, 1.54) is 19.4 Å². The van der Waals surface area contributed by atoms with Gasteiger partial charge in [-0.15, -0.1) is 0 Å². The third kappa shape index (κ3) is 3.89. The van der Waals surface area contributed by atoms with Crippen LogP contribution in [0.25, 0.3) is 0 Å². The highest BCUT2D eigenvalue weighted by atomic mass is 16.6. The molecule has 10 heteroatoms. The van der Waals surface area contributed by atoms with E-state index in [0.717, 1.165) is 6.07 Å². The molecule has 0 aliphatic carbocycles. The van der Waals surface area contributed by atoms with E-state index in [1.807, 2.05) is 0 Å². The van der Waals surface area contributed by atoms with E-state index < -0.39 is 28.4 Å². The third-order valence-corrected chi connectivity index (χ3v) is 3.68. The highest BCUT2D eigenvalue weighted by molar-refractivity contribution is 5.86. The maximum absolute atomic E-state index is 12.1. The molecule has 3 rings (SSSR count). The summed E-state index contributed by atoms with van der Waals surface area (Å²) in [6.07, 6.45) is 0.297. The second kappa shape index (κ2) is 7.60. The Morgan fingerprint density at radius 1 is 1.41 bits per heavy atom. The number of phenols is 1. The number of hydrogen-bond acceptors (Lipinski definition) is 8. The number of nitrogens with zero attached hydrogens (tertiary/aromatic N) is 2. The van der Waals surface area contributed by atoms with Crippen molar-refractivity contribution in [1.29, 1.82) is 0 Å². The fourth-order valence-electron chi connectivity index (χ4n) is 2.37. The van der Waals surface area contributed by atoms with E-state index >= 15 is 0 Å². The van der Waals surface area contributed by atoms with Crippen molar-refractivity contribution in [2.24, 2.45) is 5.10 Å². The molecule has 0 saturated heterocycles. The first-order valence-electron chi connectivity index (χ1n) is 7.76. The Hall–Kier alpha value is -3.82. The first-order valence-corrected chi connectivity index (χ1v) is 7.76. The minimum absolute atomic E-state index is 0.0247. The molecule has 0 fully saturated rings. The average molecular weight is 373 g/mol. The van der Waals surface area contributed by atoms with Gasteiger partial charge in [0.15, 0.2) is 17.2 Å². The van der Waals surface area contributed by atoms with Gasteiger partial charge in [-0.3, -0.25) is 14.9 Å². The third-order valence-electron chi connectivity index (χ3n) is 3.68. The van der Waals surface area contributed by atoms with E-state index in [9.17, 15) is 20.0 Å². The van der Waals surface area contributed by atoms with E-state index in [4.69, 9.17) is 14.2 Å². The monoisotopic (exact) mass is 373 g/mol. The van der Waals surface area contributed by atoms with E-state index in [-0.39, 0.29) is 17.9 Å². The van der Waals surface area contributed by atoms with Crippen LogP contribution in [0.3, 0.4) is 0 Å². The average Bonchev–Trinajstić information content (AvgIpc) is 2.68. The molecule has 0 spiro atoms. The lowest BCUT2D eigenvalue weighted by Crippen LogP contribution is -2.42. The highest BCUT2D eigenvalue weighted by Gasteiger charge is 2.27. The predicted molar refractivity (Wildman–Crippen MR) is 93.4 cm³/mol. The number of carbonyl (C=O) groups excluding carboxylic acids is 1. The van der Waals surface area contributed by atoms with Crippen molar-refractivity contribution < 1.29 is 29.0 Å². The standard InChI is InChI=1S/C17H15N3O7/c1-25-14-7-10(6-11(16(14)21)20(23)24)8-18-19-17(22)15-9-26-12-4-2-3-5-13(12)27-15/h2-8,15,21H,9H2,1H3,(H,19,22)/b18-8+/t15-/m1/s1. The number of nitro benzene ring substituents is 1. The number of para-hydroxylation sites is 2. The number of aromatic hydroxyl groups is 1. The van der Waals surface area contributed by atoms with Crippen LogP contribution in [0.15, 0.2) is 41.5 Å². The van der Waals surface area contributed by atoms with Gasteiger partial charge in [0, 0.05) is 11.6 Å². The van der Waals surface area contributed by atoms with Crippen molar-refractivity contribution in [1.82, 2.24) is 5.43 Å². The Labute approximate surface area is 153 Å². The predicted octanol–water partition coefficient (Wildman–Crippen LogP) is 1.60. The molecule has 27 heavy (non-hydrogen) atoms. The summed E-state index contributed by atoms with van der Waals surface area (Å²) in [5.74, 6) is -0.214. The minimum atomic E-state index is -0.888. The van der Waals surface area contributed by atoms with Gasteiger partial charge in [0.05, 0.1) is 18.2 Å². The van der Waals surface area contributed by atoms with Crippen molar-refractivity contribution in [3.63, 3.8) is 0 Å². The molecule has 0 bridgehead atoms. The Morgan fingerprint density at radius 2 is 2.15 bits per heavy atom. The molecule has 1 aliphatic rings. The fraction of sp³-hybridized carbons (Fsp3) is 0.176. The molecular formula is C17H15N3O7.